The molecule has 0 fully saturated rings. The van der Waals surface area contributed by atoms with E-state index in [9.17, 15) is 4.79 Å². The van der Waals surface area contributed by atoms with Crippen molar-refractivity contribution in [3.8, 4) is 11.5 Å². The first-order valence-electron chi connectivity index (χ1n) is 5.00. The highest BCUT2D eigenvalue weighted by Gasteiger charge is 2.15. The van der Waals surface area contributed by atoms with Crippen molar-refractivity contribution < 1.29 is 24.1 Å². The number of hydrogen-bond acceptors (Lipinski definition) is 5. The lowest BCUT2D eigenvalue weighted by atomic mass is 10.3. The van der Waals surface area contributed by atoms with Crippen molar-refractivity contribution in [2.45, 2.75) is 19.6 Å². The van der Waals surface area contributed by atoms with E-state index in [1.165, 1.54) is 21.1 Å². The minimum absolute atomic E-state index is 0.0494. The summed E-state index contributed by atoms with van der Waals surface area (Å²) in [5.41, 5.74) is 0.500. The highest BCUT2D eigenvalue weighted by atomic mass is 16.5. The third-order valence-corrected chi connectivity index (χ3v) is 2.18. The van der Waals surface area contributed by atoms with Crippen LogP contribution in [0.5, 0.6) is 11.5 Å². The van der Waals surface area contributed by atoms with Gasteiger partial charge in [0.15, 0.2) is 17.6 Å². The molecule has 1 rings (SSSR count). The quantitative estimate of drug-likeness (QED) is 0.803. The van der Waals surface area contributed by atoms with E-state index in [4.69, 9.17) is 19.3 Å². The molecule has 1 atom stereocenters. The van der Waals surface area contributed by atoms with Crippen LogP contribution in [-0.2, 0) is 16.1 Å². The number of aromatic nitrogens is 1. The molecule has 0 amide bonds. The van der Waals surface area contributed by atoms with Gasteiger partial charge < -0.3 is 19.3 Å². The molecule has 0 aliphatic carbocycles. The molecule has 1 aromatic heterocycles. The first-order valence-corrected chi connectivity index (χ1v) is 5.00. The highest BCUT2D eigenvalue weighted by molar-refractivity contribution is 5.71. The van der Waals surface area contributed by atoms with Gasteiger partial charge in [-0.05, 0) is 6.92 Å². The first-order chi connectivity index (χ1) is 8.10. The number of hydrogen-bond donors (Lipinski definition) is 1. The number of rotatable bonds is 6. The van der Waals surface area contributed by atoms with E-state index in [0.29, 0.717) is 17.2 Å². The van der Waals surface area contributed by atoms with Crippen LogP contribution in [0.15, 0.2) is 12.3 Å². The number of carboxylic acids is 1. The number of aliphatic carboxylic acids is 1. The molecule has 1 heterocycles. The number of carboxylic acid groups (broad SMARTS) is 1. The van der Waals surface area contributed by atoms with Crippen molar-refractivity contribution in [1.82, 2.24) is 4.98 Å². The van der Waals surface area contributed by atoms with Gasteiger partial charge in [0.25, 0.3) is 0 Å². The van der Waals surface area contributed by atoms with Gasteiger partial charge in [-0.25, -0.2) is 4.79 Å². The molecule has 0 radical (unpaired) electrons. The van der Waals surface area contributed by atoms with Crippen molar-refractivity contribution >= 4 is 5.97 Å². The molecule has 0 saturated carbocycles. The predicted octanol–water partition coefficient (Wildman–Crippen LogP) is 1.09. The molecule has 6 heteroatoms. The Kier molecular flexibility index (Phi) is 4.71. The zero-order valence-corrected chi connectivity index (χ0v) is 9.97. The fourth-order valence-corrected chi connectivity index (χ4v) is 1.23. The lowest BCUT2D eigenvalue weighted by Crippen LogP contribution is -2.20. The number of carbonyl (C=O) groups is 1. The fourth-order valence-electron chi connectivity index (χ4n) is 1.23. The molecule has 94 valence electrons. The number of ether oxygens (including phenoxy) is 3. The number of pyridine rings is 1. The molecule has 6 nitrogen and oxygen atoms in total. The van der Waals surface area contributed by atoms with Gasteiger partial charge in [-0.3, -0.25) is 4.98 Å². The van der Waals surface area contributed by atoms with E-state index in [2.05, 4.69) is 4.98 Å². The van der Waals surface area contributed by atoms with Gasteiger partial charge in [-0.2, -0.15) is 0 Å². The zero-order valence-electron chi connectivity index (χ0n) is 9.97. The monoisotopic (exact) mass is 241 g/mol. The van der Waals surface area contributed by atoms with Crippen LogP contribution in [0, 0.1) is 0 Å². The van der Waals surface area contributed by atoms with Gasteiger partial charge in [-0.1, -0.05) is 0 Å². The molecule has 0 saturated heterocycles. The van der Waals surface area contributed by atoms with Crippen LogP contribution in [-0.4, -0.2) is 36.4 Å². The Labute approximate surface area is 99.1 Å². The Hall–Kier alpha value is -1.82. The van der Waals surface area contributed by atoms with Gasteiger partial charge in [-0.15, -0.1) is 0 Å². The Balaban J connectivity index is 2.80. The van der Waals surface area contributed by atoms with Crippen LogP contribution in [0.25, 0.3) is 0 Å². The number of methoxy groups -OCH3 is 2. The van der Waals surface area contributed by atoms with Crippen molar-refractivity contribution in [2.75, 3.05) is 14.2 Å². The summed E-state index contributed by atoms with van der Waals surface area (Å²) >= 11 is 0. The summed E-state index contributed by atoms with van der Waals surface area (Å²) < 4.78 is 15.4. The van der Waals surface area contributed by atoms with Crippen molar-refractivity contribution in [3.05, 3.63) is 18.0 Å². The van der Waals surface area contributed by atoms with Crippen molar-refractivity contribution in [1.29, 1.82) is 0 Å². The fraction of sp³-hybridized carbons (Fsp3) is 0.455. The summed E-state index contributed by atoms with van der Waals surface area (Å²) in [5.74, 6) is -0.0384. The van der Waals surface area contributed by atoms with E-state index < -0.39 is 12.1 Å². The summed E-state index contributed by atoms with van der Waals surface area (Å²) in [5, 5.41) is 8.69. The number of nitrogens with zero attached hydrogens (tertiary/aromatic N) is 1. The smallest absolute Gasteiger partial charge is 0.332 e. The third-order valence-electron chi connectivity index (χ3n) is 2.18. The highest BCUT2D eigenvalue weighted by Crippen LogP contribution is 2.29. The lowest BCUT2D eigenvalue weighted by molar-refractivity contribution is -0.149. The maximum absolute atomic E-state index is 10.6. The molecule has 0 aliphatic heterocycles. The van der Waals surface area contributed by atoms with E-state index >= 15 is 0 Å². The molecule has 0 aromatic carbocycles. The van der Waals surface area contributed by atoms with E-state index in [1.807, 2.05) is 0 Å². The second kappa shape index (κ2) is 6.05. The molecule has 17 heavy (non-hydrogen) atoms. The summed E-state index contributed by atoms with van der Waals surface area (Å²) in [6, 6.07) is 1.66. The Morgan fingerprint density at radius 2 is 2.18 bits per heavy atom. The summed E-state index contributed by atoms with van der Waals surface area (Å²) in [4.78, 5) is 14.7. The maximum atomic E-state index is 10.6. The molecule has 1 aromatic rings. The first kappa shape index (κ1) is 13.2. The molecule has 1 N–H and O–H groups in total. The maximum Gasteiger partial charge on any atom is 0.332 e. The second-order valence-electron chi connectivity index (χ2n) is 3.28. The van der Waals surface area contributed by atoms with Crippen LogP contribution in [0.1, 0.15) is 12.6 Å². The molecule has 0 bridgehead atoms. The average molecular weight is 241 g/mol. The van der Waals surface area contributed by atoms with Crippen molar-refractivity contribution in [2.24, 2.45) is 0 Å². The Bertz CT molecular complexity index is 393. The second-order valence-corrected chi connectivity index (χ2v) is 3.28. The Morgan fingerprint density at radius 3 is 2.71 bits per heavy atom. The molecule has 0 spiro atoms. The minimum atomic E-state index is -1.02. The molecular formula is C11H15NO5. The predicted molar refractivity (Wildman–Crippen MR) is 59.2 cm³/mol. The van der Waals surface area contributed by atoms with Gasteiger partial charge in [0.05, 0.1) is 20.8 Å². The van der Waals surface area contributed by atoms with Crippen LogP contribution >= 0.6 is 0 Å². The van der Waals surface area contributed by atoms with Gasteiger partial charge in [0, 0.05) is 12.3 Å². The topological polar surface area (TPSA) is 77.9 Å². The van der Waals surface area contributed by atoms with Gasteiger partial charge in [0.2, 0.25) is 0 Å². The van der Waals surface area contributed by atoms with Crippen LogP contribution < -0.4 is 9.47 Å². The average Bonchev–Trinajstić information content (AvgIpc) is 2.34. The SMILES string of the molecule is COc1ccnc(CO[C@@H](C)C(=O)O)c1OC. The van der Waals surface area contributed by atoms with Crippen LogP contribution in [0.2, 0.25) is 0 Å². The third kappa shape index (κ3) is 3.32. The lowest BCUT2D eigenvalue weighted by Gasteiger charge is -2.13. The van der Waals surface area contributed by atoms with Crippen molar-refractivity contribution in [3.63, 3.8) is 0 Å². The summed E-state index contributed by atoms with van der Waals surface area (Å²) in [6.07, 6.45) is 0.651. The van der Waals surface area contributed by atoms with Crippen LogP contribution in [0.4, 0.5) is 0 Å². The summed E-state index contributed by atoms with van der Waals surface area (Å²) in [6.45, 7) is 1.50. The molecule has 0 aliphatic rings. The summed E-state index contributed by atoms with van der Waals surface area (Å²) in [7, 11) is 3.01. The largest absolute Gasteiger partial charge is 0.493 e. The zero-order chi connectivity index (χ0) is 12.8. The molecule has 0 unspecified atom stereocenters. The standard InChI is InChI=1S/C11H15NO5/c1-7(11(13)14)17-6-8-10(16-3)9(15-2)4-5-12-8/h4-5,7H,6H2,1-3H3,(H,13,14)/t7-/m0/s1. The Morgan fingerprint density at radius 1 is 1.47 bits per heavy atom. The van der Waals surface area contributed by atoms with E-state index in [0.717, 1.165) is 0 Å². The van der Waals surface area contributed by atoms with E-state index in [-0.39, 0.29) is 6.61 Å². The van der Waals surface area contributed by atoms with Gasteiger partial charge in [0.1, 0.15) is 5.69 Å². The van der Waals surface area contributed by atoms with Gasteiger partial charge >= 0.3 is 5.97 Å². The van der Waals surface area contributed by atoms with E-state index in [1.54, 1.807) is 12.3 Å². The van der Waals surface area contributed by atoms with Crippen LogP contribution in [0.3, 0.4) is 0 Å². The normalized spacial score (nSPS) is 11.9. The molecular weight excluding hydrogens is 226 g/mol. The minimum Gasteiger partial charge on any atom is -0.493 e.